The van der Waals surface area contributed by atoms with Gasteiger partial charge in [0.2, 0.25) is 0 Å². The second-order valence-electron chi connectivity index (χ2n) is 5.24. The molecule has 0 bridgehead atoms. The molecule has 3 rings (SSSR count). The minimum absolute atomic E-state index is 0.342. The van der Waals surface area contributed by atoms with Crippen molar-refractivity contribution < 1.29 is 10.2 Å². The van der Waals surface area contributed by atoms with Gasteiger partial charge in [0.25, 0.3) is 0 Å². The van der Waals surface area contributed by atoms with Gasteiger partial charge in [0.1, 0.15) is 6.10 Å². The normalized spacial score (nSPS) is 15.6. The fraction of sp³-hybridized carbons (Fsp3) is 0.294. The lowest BCUT2D eigenvalue weighted by atomic mass is 9.97. The first kappa shape index (κ1) is 13.6. The van der Waals surface area contributed by atoms with Crippen LogP contribution >= 0.6 is 11.6 Å². The summed E-state index contributed by atoms with van der Waals surface area (Å²) in [5.41, 5.74) is 5.78. The number of aliphatic hydroxyl groups is 2. The van der Waals surface area contributed by atoms with Gasteiger partial charge in [-0.15, -0.1) is 11.6 Å². The van der Waals surface area contributed by atoms with Crippen molar-refractivity contribution in [1.82, 2.24) is 0 Å². The van der Waals surface area contributed by atoms with E-state index in [4.69, 9.17) is 11.6 Å². The summed E-state index contributed by atoms with van der Waals surface area (Å²) in [5, 5.41) is 20.0. The van der Waals surface area contributed by atoms with Crippen LogP contribution in [0.2, 0.25) is 0 Å². The molecular formula is C17H17ClO2. The average Bonchev–Trinajstić information content (AvgIpc) is 2.84. The van der Waals surface area contributed by atoms with Gasteiger partial charge in [-0.3, -0.25) is 0 Å². The summed E-state index contributed by atoms with van der Waals surface area (Å²) in [6, 6.07) is 14.3. The van der Waals surface area contributed by atoms with Gasteiger partial charge >= 0.3 is 0 Å². The van der Waals surface area contributed by atoms with E-state index >= 15 is 0 Å². The third-order valence-corrected chi connectivity index (χ3v) is 4.15. The maximum Gasteiger partial charge on any atom is 0.105 e. The van der Waals surface area contributed by atoms with E-state index in [2.05, 4.69) is 12.1 Å². The zero-order valence-electron chi connectivity index (χ0n) is 11.1. The summed E-state index contributed by atoms with van der Waals surface area (Å²) in [6.07, 6.45) is -0.408. The fourth-order valence-electron chi connectivity index (χ4n) is 2.84. The minimum atomic E-state index is -0.872. The molecule has 2 aromatic rings. The molecule has 0 radical (unpaired) electrons. The van der Waals surface area contributed by atoms with Crippen LogP contribution in [0.5, 0.6) is 0 Å². The first-order valence-corrected chi connectivity index (χ1v) is 7.37. The maximum atomic E-state index is 10.2. The lowest BCUT2D eigenvalue weighted by molar-refractivity contribution is 0.0170. The van der Waals surface area contributed by atoms with Gasteiger partial charge in [0.15, 0.2) is 0 Å². The second kappa shape index (κ2) is 5.57. The quantitative estimate of drug-likeness (QED) is 0.723. The number of alkyl halides is 1. The van der Waals surface area contributed by atoms with Gasteiger partial charge in [0.05, 0.1) is 6.10 Å². The van der Waals surface area contributed by atoms with E-state index in [1.54, 1.807) is 0 Å². The summed E-state index contributed by atoms with van der Waals surface area (Å²) in [5.74, 6) is 0.342. The standard InChI is InChI=1S/C17H17ClO2/c18-8-7-16(19)17(20)12-5-6-15-13(10-12)9-11-3-1-2-4-14(11)15/h1-6,10,16-17,19-20H,7-9H2. The Morgan fingerprint density at radius 1 is 1.00 bits per heavy atom. The molecule has 2 aromatic carbocycles. The predicted octanol–water partition coefficient (Wildman–Crippen LogP) is 3.28. The predicted molar refractivity (Wildman–Crippen MR) is 81.0 cm³/mol. The number of hydrogen-bond acceptors (Lipinski definition) is 2. The van der Waals surface area contributed by atoms with Gasteiger partial charge in [-0.2, -0.15) is 0 Å². The molecular weight excluding hydrogens is 272 g/mol. The summed E-state index contributed by atoms with van der Waals surface area (Å²) < 4.78 is 0. The van der Waals surface area contributed by atoms with Crippen molar-refractivity contribution in [3.8, 4) is 11.1 Å². The van der Waals surface area contributed by atoms with Crippen LogP contribution in [0.4, 0.5) is 0 Å². The van der Waals surface area contributed by atoms with Crippen molar-refractivity contribution in [2.24, 2.45) is 0 Å². The van der Waals surface area contributed by atoms with E-state index in [1.165, 1.54) is 22.3 Å². The topological polar surface area (TPSA) is 40.5 Å². The highest BCUT2D eigenvalue weighted by molar-refractivity contribution is 6.17. The van der Waals surface area contributed by atoms with Crippen molar-refractivity contribution >= 4 is 11.6 Å². The van der Waals surface area contributed by atoms with Gasteiger partial charge < -0.3 is 10.2 Å². The number of hydrogen-bond donors (Lipinski definition) is 2. The van der Waals surface area contributed by atoms with Crippen LogP contribution in [0, 0.1) is 0 Å². The number of aliphatic hydroxyl groups excluding tert-OH is 2. The average molecular weight is 289 g/mol. The van der Waals surface area contributed by atoms with Crippen molar-refractivity contribution in [2.45, 2.75) is 25.0 Å². The molecule has 0 heterocycles. The molecule has 0 aromatic heterocycles. The number of rotatable bonds is 4. The van der Waals surface area contributed by atoms with E-state index < -0.39 is 12.2 Å². The van der Waals surface area contributed by atoms with Gasteiger partial charge in [-0.25, -0.2) is 0 Å². The molecule has 1 aliphatic rings. The molecule has 0 saturated carbocycles. The van der Waals surface area contributed by atoms with Crippen molar-refractivity contribution in [3.63, 3.8) is 0 Å². The molecule has 0 fully saturated rings. The number of halogens is 1. The van der Waals surface area contributed by atoms with Gasteiger partial charge in [-0.1, -0.05) is 42.5 Å². The Hall–Kier alpha value is -1.35. The van der Waals surface area contributed by atoms with Crippen LogP contribution in [-0.4, -0.2) is 22.2 Å². The molecule has 20 heavy (non-hydrogen) atoms. The second-order valence-corrected chi connectivity index (χ2v) is 5.62. The van der Waals surface area contributed by atoms with Crippen LogP contribution < -0.4 is 0 Å². The molecule has 2 unspecified atom stereocenters. The molecule has 2 nitrogen and oxygen atoms in total. The highest BCUT2D eigenvalue weighted by Gasteiger charge is 2.22. The SMILES string of the molecule is OC(CCCl)C(O)c1ccc2c(c1)Cc1ccccc1-2. The third-order valence-electron chi connectivity index (χ3n) is 3.93. The summed E-state index contributed by atoms with van der Waals surface area (Å²) in [6.45, 7) is 0. The van der Waals surface area contributed by atoms with Crippen molar-refractivity contribution in [1.29, 1.82) is 0 Å². The molecule has 3 heteroatoms. The van der Waals surface area contributed by atoms with E-state index in [0.29, 0.717) is 12.3 Å². The van der Waals surface area contributed by atoms with Crippen molar-refractivity contribution in [3.05, 3.63) is 59.2 Å². The highest BCUT2D eigenvalue weighted by atomic mass is 35.5. The Balaban J connectivity index is 1.91. The molecule has 0 spiro atoms. The molecule has 0 aliphatic heterocycles. The molecule has 0 saturated heterocycles. The molecule has 1 aliphatic carbocycles. The zero-order valence-corrected chi connectivity index (χ0v) is 11.8. The number of fused-ring (bicyclic) bond motifs is 3. The largest absolute Gasteiger partial charge is 0.390 e. The Morgan fingerprint density at radius 3 is 2.55 bits per heavy atom. The van der Waals surface area contributed by atoms with Crippen LogP contribution in [0.25, 0.3) is 11.1 Å². The van der Waals surface area contributed by atoms with Crippen LogP contribution in [0.1, 0.15) is 29.2 Å². The van der Waals surface area contributed by atoms with Crippen LogP contribution in [0.3, 0.4) is 0 Å². The first-order chi connectivity index (χ1) is 9.70. The molecule has 104 valence electrons. The summed E-state index contributed by atoms with van der Waals surface area (Å²) in [4.78, 5) is 0. The number of benzene rings is 2. The summed E-state index contributed by atoms with van der Waals surface area (Å²) in [7, 11) is 0. The Bertz CT molecular complexity index is 624. The Labute approximate surface area is 123 Å². The Kier molecular flexibility index (Phi) is 3.79. The smallest absolute Gasteiger partial charge is 0.105 e. The highest BCUT2D eigenvalue weighted by Crippen LogP contribution is 2.37. The molecule has 0 amide bonds. The minimum Gasteiger partial charge on any atom is -0.390 e. The fourth-order valence-corrected chi connectivity index (χ4v) is 3.06. The molecule has 2 atom stereocenters. The van der Waals surface area contributed by atoms with Crippen molar-refractivity contribution in [2.75, 3.05) is 5.88 Å². The van der Waals surface area contributed by atoms with Crippen LogP contribution in [-0.2, 0) is 6.42 Å². The first-order valence-electron chi connectivity index (χ1n) is 6.84. The van der Waals surface area contributed by atoms with E-state index in [9.17, 15) is 10.2 Å². The van der Waals surface area contributed by atoms with E-state index in [0.717, 1.165) is 12.0 Å². The molecule has 2 N–H and O–H groups in total. The zero-order chi connectivity index (χ0) is 14.1. The lowest BCUT2D eigenvalue weighted by Crippen LogP contribution is -2.18. The summed E-state index contributed by atoms with van der Waals surface area (Å²) >= 11 is 5.61. The maximum absolute atomic E-state index is 10.2. The third kappa shape index (κ3) is 2.35. The van der Waals surface area contributed by atoms with Gasteiger partial charge in [0, 0.05) is 5.88 Å². The van der Waals surface area contributed by atoms with E-state index in [-0.39, 0.29) is 0 Å². The van der Waals surface area contributed by atoms with E-state index in [1.807, 2.05) is 30.3 Å². The monoisotopic (exact) mass is 288 g/mol. The Morgan fingerprint density at radius 2 is 1.75 bits per heavy atom. The lowest BCUT2D eigenvalue weighted by Gasteiger charge is -2.18. The van der Waals surface area contributed by atoms with Gasteiger partial charge in [-0.05, 0) is 40.7 Å². The van der Waals surface area contributed by atoms with Crippen LogP contribution in [0.15, 0.2) is 42.5 Å².